The lowest BCUT2D eigenvalue weighted by Crippen LogP contribution is -2.46. The number of nitrogens with one attached hydrogen (secondary N) is 2. The van der Waals surface area contributed by atoms with Crippen molar-refractivity contribution in [1.29, 1.82) is 5.41 Å². The average Bonchev–Trinajstić information content (AvgIpc) is 2.29. The number of carbonyl (C=O) groups is 1. The molecule has 0 aliphatic carbocycles. The first-order valence-electron chi connectivity index (χ1n) is 5.63. The van der Waals surface area contributed by atoms with Gasteiger partial charge in [0, 0.05) is 26.1 Å². The van der Waals surface area contributed by atoms with Gasteiger partial charge in [0.25, 0.3) is 0 Å². The van der Waals surface area contributed by atoms with Crippen molar-refractivity contribution in [1.82, 2.24) is 10.2 Å². The maximum Gasteiger partial charge on any atom is 0.317 e. The zero-order valence-electron chi connectivity index (χ0n) is 9.50. The molecule has 0 unspecified atom stereocenters. The number of morpholine rings is 1. The van der Waals surface area contributed by atoms with Crippen LogP contribution in [-0.4, -0.2) is 49.6 Å². The second-order valence-corrected chi connectivity index (χ2v) is 3.81. The maximum absolute atomic E-state index is 11.6. The molecule has 6 heteroatoms. The average molecular weight is 228 g/mol. The lowest BCUT2D eigenvalue weighted by atomic mass is 10.2. The fourth-order valence-corrected chi connectivity index (χ4v) is 1.51. The van der Waals surface area contributed by atoms with Crippen LogP contribution in [-0.2, 0) is 4.74 Å². The highest BCUT2D eigenvalue weighted by Crippen LogP contribution is 1.98. The molecule has 1 saturated heterocycles. The van der Waals surface area contributed by atoms with Gasteiger partial charge in [-0.15, -0.1) is 0 Å². The molecule has 1 fully saturated rings. The molecular formula is C10H20N4O2. The van der Waals surface area contributed by atoms with Gasteiger partial charge in [-0.1, -0.05) is 0 Å². The summed E-state index contributed by atoms with van der Waals surface area (Å²) < 4.78 is 5.16. The standard InChI is InChI=1S/C10H20N4O2/c11-9(12)3-1-2-4-13-10(15)14-5-7-16-8-6-14/h1-8H2,(H3,11,12)(H,13,15). The normalized spacial score (nSPS) is 15.9. The number of urea groups is 1. The van der Waals surface area contributed by atoms with Crippen molar-refractivity contribution < 1.29 is 9.53 Å². The van der Waals surface area contributed by atoms with Crippen molar-refractivity contribution >= 4 is 11.9 Å². The minimum Gasteiger partial charge on any atom is -0.388 e. The third-order valence-electron chi connectivity index (χ3n) is 2.45. The molecular weight excluding hydrogens is 208 g/mol. The fraction of sp³-hybridized carbons (Fsp3) is 0.800. The first kappa shape index (κ1) is 12.8. The quantitative estimate of drug-likeness (QED) is 0.355. The first-order valence-corrected chi connectivity index (χ1v) is 5.63. The molecule has 1 aliphatic heterocycles. The van der Waals surface area contributed by atoms with Gasteiger partial charge in [0.2, 0.25) is 0 Å². The SMILES string of the molecule is N=C(N)CCCCNC(=O)N1CCOCC1. The number of ether oxygens (including phenoxy) is 1. The molecule has 0 aromatic rings. The summed E-state index contributed by atoms with van der Waals surface area (Å²) in [6, 6.07) is -0.0221. The Hall–Kier alpha value is -1.30. The van der Waals surface area contributed by atoms with Crippen molar-refractivity contribution in [3.05, 3.63) is 0 Å². The van der Waals surface area contributed by atoms with E-state index in [-0.39, 0.29) is 11.9 Å². The third-order valence-corrected chi connectivity index (χ3v) is 2.45. The van der Waals surface area contributed by atoms with Gasteiger partial charge < -0.3 is 20.7 Å². The van der Waals surface area contributed by atoms with Gasteiger partial charge in [-0.3, -0.25) is 5.41 Å². The van der Waals surface area contributed by atoms with Crippen LogP contribution < -0.4 is 11.1 Å². The second kappa shape index (κ2) is 7.05. The van der Waals surface area contributed by atoms with Crippen LogP contribution in [0.2, 0.25) is 0 Å². The number of rotatable bonds is 5. The van der Waals surface area contributed by atoms with Gasteiger partial charge in [0.1, 0.15) is 0 Å². The summed E-state index contributed by atoms with van der Waals surface area (Å²) in [4.78, 5) is 13.3. The molecule has 6 nitrogen and oxygen atoms in total. The lowest BCUT2D eigenvalue weighted by molar-refractivity contribution is 0.0532. The minimum atomic E-state index is -0.0221. The summed E-state index contributed by atoms with van der Waals surface area (Å²) in [5.74, 6) is 0.208. The molecule has 0 bridgehead atoms. The number of hydrogen-bond acceptors (Lipinski definition) is 3. The Kier molecular flexibility index (Phi) is 5.63. The number of amidine groups is 1. The summed E-state index contributed by atoms with van der Waals surface area (Å²) in [5.41, 5.74) is 5.23. The number of hydrogen-bond donors (Lipinski definition) is 3. The van der Waals surface area contributed by atoms with E-state index in [9.17, 15) is 4.79 Å². The molecule has 0 spiro atoms. The molecule has 92 valence electrons. The highest BCUT2D eigenvalue weighted by molar-refractivity contribution is 5.76. The predicted octanol–water partition coefficient (Wildman–Crippen LogP) is 0.134. The van der Waals surface area contributed by atoms with Crippen LogP contribution in [0.15, 0.2) is 0 Å². The van der Waals surface area contributed by atoms with Crippen LogP contribution in [0, 0.1) is 5.41 Å². The van der Waals surface area contributed by atoms with E-state index >= 15 is 0 Å². The van der Waals surface area contributed by atoms with Crippen LogP contribution in [0.25, 0.3) is 0 Å². The van der Waals surface area contributed by atoms with Gasteiger partial charge in [-0.25, -0.2) is 4.79 Å². The molecule has 0 aromatic carbocycles. The summed E-state index contributed by atoms with van der Waals surface area (Å²) in [6.07, 6.45) is 2.31. The van der Waals surface area contributed by atoms with E-state index in [1.807, 2.05) is 0 Å². The molecule has 1 heterocycles. The molecule has 1 rings (SSSR count). The van der Waals surface area contributed by atoms with Gasteiger partial charge in [-0.05, 0) is 12.8 Å². The highest BCUT2D eigenvalue weighted by atomic mass is 16.5. The van der Waals surface area contributed by atoms with Gasteiger partial charge in [0.05, 0.1) is 19.0 Å². The molecule has 16 heavy (non-hydrogen) atoms. The van der Waals surface area contributed by atoms with E-state index in [0.717, 1.165) is 12.8 Å². The molecule has 0 aromatic heterocycles. The highest BCUT2D eigenvalue weighted by Gasteiger charge is 2.15. The molecule has 0 saturated carbocycles. The van der Waals surface area contributed by atoms with Crippen LogP contribution in [0.4, 0.5) is 4.79 Å². The van der Waals surface area contributed by atoms with Gasteiger partial charge >= 0.3 is 6.03 Å². The third kappa shape index (κ3) is 4.97. The molecule has 0 atom stereocenters. The van der Waals surface area contributed by atoms with Crippen LogP contribution in [0.5, 0.6) is 0 Å². The zero-order chi connectivity index (χ0) is 11.8. The van der Waals surface area contributed by atoms with E-state index in [1.54, 1.807) is 4.90 Å². The Morgan fingerprint density at radius 1 is 1.38 bits per heavy atom. The summed E-state index contributed by atoms with van der Waals surface area (Å²) in [6.45, 7) is 3.22. The summed E-state index contributed by atoms with van der Waals surface area (Å²) in [7, 11) is 0. The van der Waals surface area contributed by atoms with E-state index in [4.69, 9.17) is 15.9 Å². The van der Waals surface area contributed by atoms with Gasteiger partial charge in [-0.2, -0.15) is 0 Å². The Labute approximate surface area is 95.6 Å². The second-order valence-electron chi connectivity index (χ2n) is 3.81. The van der Waals surface area contributed by atoms with Gasteiger partial charge in [0.15, 0.2) is 0 Å². The monoisotopic (exact) mass is 228 g/mol. The van der Waals surface area contributed by atoms with Crippen molar-refractivity contribution in [3.63, 3.8) is 0 Å². The van der Waals surface area contributed by atoms with Crippen molar-refractivity contribution in [2.75, 3.05) is 32.8 Å². The van der Waals surface area contributed by atoms with Crippen LogP contribution in [0.3, 0.4) is 0 Å². The summed E-state index contributed by atoms with van der Waals surface area (Å²) in [5, 5.41) is 9.89. The molecule has 4 N–H and O–H groups in total. The number of amides is 2. The van der Waals surface area contributed by atoms with E-state index in [2.05, 4.69) is 5.32 Å². The first-order chi connectivity index (χ1) is 7.70. The minimum absolute atomic E-state index is 0.0221. The predicted molar refractivity (Wildman–Crippen MR) is 61.6 cm³/mol. The lowest BCUT2D eigenvalue weighted by Gasteiger charge is -2.26. The number of nitrogens with zero attached hydrogens (tertiary/aromatic N) is 1. The largest absolute Gasteiger partial charge is 0.388 e. The van der Waals surface area contributed by atoms with Crippen molar-refractivity contribution in [2.24, 2.45) is 5.73 Å². The van der Waals surface area contributed by atoms with E-state index in [0.29, 0.717) is 39.3 Å². The van der Waals surface area contributed by atoms with E-state index in [1.165, 1.54) is 0 Å². The van der Waals surface area contributed by atoms with Crippen LogP contribution >= 0.6 is 0 Å². The number of carbonyl (C=O) groups excluding carboxylic acids is 1. The number of unbranched alkanes of at least 4 members (excludes halogenated alkanes) is 1. The zero-order valence-corrected chi connectivity index (χ0v) is 9.50. The molecule has 2 amide bonds. The Morgan fingerprint density at radius 2 is 2.06 bits per heavy atom. The van der Waals surface area contributed by atoms with Crippen LogP contribution in [0.1, 0.15) is 19.3 Å². The topological polar surface area (TPSA) is 91.4 Å². The Bertz CT molecular complexity index is 239. The Morgan fingerprint density at radius 3 is 2.69 bits per heavy atom. The maximum atomic E-state index is 11.6. The van der Waals surface area contributed by atoms with Crippen molar-refractivity contribution in [3.8, 4) is 0 Å². The van der Waals surface area contributed by atoms with E-state index < -0.39 is 0 Å². The molecule has 0 radical (unpaired) electrons. The van der Waals surface area contributed by atoms with Crippen molar-refractivity contribution in [2.45, 2.75) is 19.3 Å². The Balaban J connectivity index is 2.03. The smallest absolute Gasteiger partial charge is 0.317 e. The summed E-state index contributed by atoms with van der Waals surface area (Å²) >= 11 is 0. The number of nitrogens with two attached hydrogens (primary N) is 1. The molecule has 1 aliphatic rings. The fourth-order valence-electron chi connectivity index (χ4n) is 1.51.